The number of hydrogen-bond acceptors (Lipinski definition) is 3. The summed E-state index contributed by atoms with van der Waals surface area (Å²) in [5, 5.41) is 0. The molecule has 0 spiro atoms. The lowest BCUT2D eigenvalue weighted by molar-refractivity contribution is -0.117. The lowest BCUT2D eigenvalue weighted by atomic mass is 10.0. The van der Waals surface area contributed by atoms with Crippen LogP contribution in [0.15, 0.2) is 63.4 Å². The van der Waals surface area contributed by atoms with E-state index >= 15 is 0 Å². The maximum Gasteiger partial charge on any atom is 0.233 e. The molecule has 0 unspecified atom stereocenters. The SMILES string of the molecule is Cc1ccc(C)c(CN2C(=O)CC(c3ccc(Br)s3)=Nc3ccccc32)c1. The van der Waals surface area contributed by atoms with Gasteiger partial charge in [-0.05, 0) is 65.2 Å². The fraction of sp³-hybridized carbons (Fsp3) is 0.182. The van der Waals surface area contributed by atoms with E-state index in [0.717, 1.165) is 25.8 Å². The van der Waals surface area contributed by atoms with E-state index in [1.165, 1.54) is 16.7 Å². The smallest absolute Gasteiger partial charge is 0.233 e. The molecule has 2 heterocycles. The van der Waals surface area contributed by atoms with Crippen molar-refractivity contribution >= 4 is 50.3 Å². The Morgan fingerprint density at radius 2 is 1.93 bits per heavy atom. The van der Waals surface area contributed by atoms with Gasteiger partial charge in [0.25, 0.3) is 0 Å². The number of hydrogen-bond donors (Lipinski definition) is 0. The van der Waals surface area contributed by atoms with Crippen molar-refractivity contribution in [2.45, 2.75) is 26.8 Å². The first kappa shape index (κ1) is 18.1. The molecule has 27 heavy (non-hydrogen) atoms. The van der Waals surface area contributed by atoms with Crippen LogP contribution in [0.4, 0.5) is 11.4 Å². The molecule has 3 nitrogen and oxygen atoms in total. The maximum absolute atomic E-state index is 13.2. The number of carbonyl (C=O) groups excluding carboxylic acids is 1. The summed E-state index contributed by atoms with van der Waals surface area (Å²) in [5.41, 5.74) is 6.10. The average molecular weight is 439 g/mol. The van der Waals surface area contributed by atoms with Gasteiger partial charge in [0.05, 0.1) is 38.7 Å². The van der Waals surface area contributed by atoms with Crippen molar-refractivity contribution in [3.8, 4) is 0 Å². The molecule has 0 fully saturated rings. The minimum Gasteiger partial charge on any atom is -0.306 e. The van der Waals surface area contributed by atoms with Crippen molar-refractivity contribution in [1.29, 1.82) is 0 Å². The van der Waals surface area contributed by atoms with Gasteiger partial charge in [-0.1, -0.05) is 35.9 Å². The van der Waals surface area contributed by atoms with Gasteiger partial charge in [-0.25, -0.2) is 4.99 Å². The Labute approximate surface area is 171 Å². The number of amides is 1. The van der Waals surface area contributed by atoms with Crippen molar-refractivity contribution in [2.75, 3.05) is 4.90 Å². The third-order valence-corrected chi connectivity index (χ3v) is 6.41. The van der Waals surface area contributed by atoms with Gasteiger partial charge in [0.2, 0.25) is 5.91 Å². The van der Waals surface area contributed by atoms with Crippen LogP contribution in [0.2, 0.25) is 0 Å². The van der Waals surface area contributed by atoms with Crippen molar-refractivity contribution in [3.05, 3.63) is 80.0 Å². The van der Waals surface area contributed by atoms with E-state index in [-0.39, 0.29) is 5.91 Å². The average Bonchev–Trinajstić information content (AvgIpc) is 3.03. The fourth-order valence-electron chi connectivity index (χ4n) is 3.27. The van der Waals surface area contributed by atoms with E-state index in [4.69, 9.17) is 4.99 Å². The van der Waals surface area contributed by atoms with Crippen molar-refractivity contribution in [2.24, 2.45) is 4.99 Å². The molecule has 0 aliphatic carbocycles. The Hall–Kier alpha value is -2.24. The number of thiophene rings is 1. The third-order valence-electron chi connectivity index (χ3n) is 4.74. The number of para-hydroxylation sites is 2. The number of rotatable bonds is 3. The van der Waals surface area contributed by atoms with Crippen LogP contribution in [0.1, 0.15) is 28.0 Å². The number of carbonyl (C=O) groups is 1. The molecule has 4 rings (SSSR count). The topological polar surface area (TPSA) is 32.7 Å². The van der Waals surface area contributed by atoms with Crippen molar-refractivity contribution in [1.82, 2.24) is 0 Å². The summed E-state index contributed by atoms with van der Waals surface area (Å²) in [6.07, 6.45) is 0.298. The van der Waals surface area contributed by atoms with Crippen LogP contribution in [0.5, 0.6) is 0 Å². The first-order valence-electron chi connectivity index (χ1n) is 8.80. The summed E-state index contributed by atoms with van der Waals surface area (Å²) in [4.78, 5) is 21.0. The minimum absolute atomic E-state index is 0.0733. The van der Waals surface area contributed by atoms with E-state index in [9.17, 15) is 4.79 Å². The van der Waals surface area contributed by atoms with E-state index < -0.39 is 0 Å². The lowest BCUT2D eigenvalue weighted by Crippen LogP contribution is -2.31. The van der Waals surface area contributed by atoms with Gasteiger partial charge in [0.1, 0.15) is 0 Å². The number of nitrogens with zero attached hydrogens (tertiary/aromatic N) is 2. The molecule has 0 radical (unpaired) electrons. The minimum atomic E-state index is 0.0733. The molecule has 0 N–H and O–H groups in total. The molecule has 1 aliphatic rings. The second-order valence-electron chi connectivity index (χ2n) is 6.74. The molecule has 0 atom stereocenters. The predicted octanol–water partition coefficient (Wildman–Crippen LogP) is 6.19. The largest absolute Gasteiger partial charge is 0.306 e. The summed E-state index contributed by atoms with van der Waals surface area (Å²) in [5.74, 6) is 0.0733. The standard InChI is InChI=1S/C22H19BrN2OS/c1-14-7-8-15(2)16(11-14)13-25-19-6-4-3-5-17(19)24-18(12-22(25)26)20-9-10-21(23)27-20/h3-11H,12-13H2,1-2H3. The normalized spacial score (nSPS) is 14.0. The van der Waals surface area contributed by atoms with Crippen LogP contribution in [0, 0.1) is 13.8 Å². The second-order valence-corrected chi connectivity index (χ2v) is 9.20. The highest BCUT2D eigenvalue weighted by molar-refractivity contribution is 9.11. The molecule has 136 valence electrons. The third kappa shape index (κ3) is 3.75. The van der Waals surface area contributed by atoms with Gasteiger partial charge < -0.3 is 4.90 Å². The van der Waals surface area contributed by atoms with Crippen LogP contribution >= 0.6 is 27.3 Å². The van der Waals surface area contributed by atoms with Crippen LogP contribution in [0.3, 0.4) is 0 Å². The van der Waals surface area contributed by atoms with E-state index in [2.05, 4.69) is 48.0 Å². The zero-order valence-electron chi connectivity index (χ0n) is 15.2. The number of aliphatic imine (C=N–C) groups is 1. The van der Waals surface area contributed by atoms with E-state index in [1.807, 2.05) is 41.3 Å². The van der Waals surface area contributed by atoms with E-state index in [0.29, 0.717) is 13.0 Å². The van der Waals surface area contributed by atoms with Crippen LogP contribution < -0.4 is 4.90 Å². The molecule has 1 aliphatic heterocycles. The Bertz CT molecular complexity index is 1050. The highest BCUT2D eigenvalue weighted by atomic mass is 79.9. The van der Waals surface area contributed by atoms with Gasteiger partial charge in [-0.15, -0.1) is 11.3 Å². The fourth-order valence-corrected chi connectivity index (χ4v) is 4.64. The summed E-state index contributed by atoms with van der Waals surface area (Å²) < 4.78 is 1.04. The summed E-state index contributed by atoms with van der Waals surface area (Å²) in [6, 6.07) is 18.3. The van der Waals surface area contributed by atoms with Crippen molar-refractivity contribution < 1.29 is 4.79 Å². The monoisotopic (exact) mass is 438 g/mol. The molecule has 1 amide bonds. The molecule has 0 saturated carbocycles. The van der Waals surface area contributed by atoms with Gasteiger partial charge in [0.15, 0.2) is 0 Å². The summed E-state index contributed by atoms with van der Waals surface area (Å²) in [6.45, 7) is 4.73. The molecule has 0 saturated heterocycles. The van der Waals surface area contributed by atoms with Crippen LogP contribution in [-0.2, 0) is 11.3 Å². The molecule has 1 aromatic heterocycles. The van der Waals surface area contributed by atoms with Crippen LogP contribution in [-0.4, -0.2) is 11.6 Å². The number of benzene rings is 2. The number of anilines is 1. The number of aryl methyl sites for hydroxylation is 2. The van der Waals surface area contributed by atoms with Gasteiger partial charge >= 0.3 is 0 Å². The Morgan fingerprint density at radius 1 is 1.11 bits per heavy atom. The molecular weight excluding hydrogens is 420 g/mol. The van der Waals surface area contributed by atoms with Crippen LogP contribution in [0.25, 0.3) is 0 Å². The highest BCUT2D eigenvalue weighted by Crippen LogP contribution is 2.35. The quantitative estimate of drug-likeness (QED) is 0.479. The molecular formula is C22H19BrN2OS. The lowest BCUT2D eigenvalue weighted by Gasteiger charge is -2.23. The summed E-state index contributed by atoms with van der Waals surface area (Å²) in [7, 11) is 0. The predicted molar refractivity (Wildman–Crippen MR) is 116 cm³/mol. The molecule has 5 heteroatoms. The molecule has 0 bridgehead atoms. The molecule has 3 aromatic rings. The van der Waals surface area contributed by atoms with Gasteiger partial charge in [0, 0.05) is 0 Å². The van der Waals surface area contributed by atoms with E-state index in [1.54, 1.807) is 11.3 Å². The van der Waals surface area contributed by atoms with Gasteiger partial charge in [-0.2, -0.15) is 0 Å². The zero-order chi connectivity index (χ0) is 19.0. The zero-order valence-corrected chi connectivity index (χ0v) is 17.6. The first-order valence-corrected chi connectivity index (χ1v) is 10.4. The first-order chi connectivity index (χ1) is 13.0. The second kappa shape index (κ2) is 7.41. The van der Waals surface area contributed by atoms with Crippen molar-refractivity contribution in [3.63, 3.8) is 0 Å². The Kier molecular flexibility index (Phi) is 4.98. The Morgan fingerprint density at radius 3 is 2.70 bits per heavy atom. The summed E-state index contributed by atoms with van der Waals surface area (Å²) >= 11 is 5.11. The molecule has 2 aromatic carbocycles. The number of fused-ring (bicyclic) bond motifs is 1. The number of halogens is 1. The maximum atomic E-state index is 13.2. The van der Waals surface area contributed by atoms with Gasteiger partial charge in [-0.3, -0.25) is 4.79 Å². The Balaban J connectivity index is 1.76. The highest BCUT2D eigenvalue weighted by Gasteiger charge is 2.26.